The van der Waals surface area contributed by atoms with E-state index in [1.807, 2.05) is 84.9 Å². The molecule has 0 aliphatic carbocycles. The summed E-state index contributed by atoms with van der Waals surface area (Å²) in [5, 5.41) is 0. The summed E-state index contributed by atoms with van der Waals surface area (Å²) in [6, 6.07) is 25.2. The molecule has 0 spiro atoms. The highest BCUT2D eigenvalue weighted by atomic mass is 16.5. The van der Waals surface area contributed by atoms with Gasteiger partial charge in [0.05, 0.1) is 13.5 Å². The first-order valence-electron chi connectivity index (χ1n) is 9.42. The quantitative estimate of drug-likeness (QED) is 0.466. The Bertz CT molecular complexity index is 942. The number of carbonyl (C=O) groups is 1. The van der Waals surface area contributed by atoms with E-state index in [9.17, 15) is 4.79 Å². The topological polar surface area (TPSA) is 44.8 Å². The van der Waals surface area contributed by atoms with Crippen molar-refractivity contribution in [3.05, 3.63) is 96.1 Å². The van der Waals surface area contributed by atoms with Gasteiger partial charge in [-0.3, -0.25) is 4.79 Å². The minimum atomic E-state index is -0.252. The summed E-state index contributed by atoms with van der Waals surface area (Å²) >= 11 is 0. The third-order valence-electron chi connectivity index (χ3n) is 4.43. The van der Waals surface area contributed by atoms with Crippen LogP contribution in [0.2, 0.25) is 0 Å². The highest BCUT2D eigenvalue weighted by Gasteiger charge is 2.03. The Hall–Kier alpha value is -3.53. The molecule has 0 saturated carbocycles. The van der Waals surface area contributed by atoms with Gasteiger partial charge in [-0.15, -0.1) is 0 Å². The average molecular weight is 388 g/mol. The molecule has 3 rings (SSSR count). The van der Waals surface area contributed by atoms with Crippen molar-refractivity contribution in [2.45, 2.75) is 13.3 Å². The molecule has 3 aromatic carbocycles. The van der Waals surface area contributed by atoms with Gasteiger partial charge >= 0.3 is 5.97 Å². The maximum Gasteiger partial charge on any atom is 0.309 e. The van der Waals surface area contributed by atoms with Crippen LogP contribution in [0.4, 0.5) is 0 Å². The summed E-state index contributed by atoms with van der Waals surface area (Å²) in [7, 11) is 1.39. The summed E-state index contributed by atoms with van der Waals surface area (Å²) in [6.45, 7) is 2.51. The molecule has 148 valence electrons. The fourth-order valence-corrected chi connectivity index (χ4v) is 2.73. The Morgan fingerprint density at radius 2 is 1.45 bits per heavy atom. The lowest BCUT2D eigenvalue weighted by molar-refractivity contribution is -0.139. The van der Waals surface area contributed by atoms with E-state index in [1.165, 1.54) is 7.11 Å². The summed E-state index contributed by atoms with van der Waals surface area (Å²) in [5.41, 5.74) is 3.13. The van der Waals surface area contributed by atoms with Gasteiger partial charge in [-0.2, -0.15) is 0 Å². The van der Waals surface area contributed by atoms with E-state index >= 15 is 0 Å². The molecule has 4 nitrogen and oxygen atoms in total. The SMILES string of the molecule is COC(=O)Cc1ccc(OC/C=C(\C)c2ccc(Oc3ccccc3)cc2)cc1. The van der Waals surface area contributed by atoms with Gasteiger partial charge in [-0.05, 0) is 66.1 Å². The predicted molar refractivity (Wildman–Crippen MR) is 114 cm³/mol. The highest BCUT2D eigenvalue weighted by Crippen LogP contribution is 2.23. The molecule has 0 heterocycles. The lowest BCUT2D eigenvalue weighted by Gasteiger charge is -2.08. The van der Waals surface area contributed by atoms with E-state index < -0.39 is 0 Å². The number of hydrogen-bond acceptors (Lipinski definition) is 4. The Labute approximate surface area is 171 Å². The number of allylic oxidation sites excluding steroid dienone is 1. The molecule has 3 aromatic rings. The molecule has 0 fully saturated rings. The second-order valence-corrected chi connectivity index (χ2v) is 6.53. The standard InChI is InChI=1S/C25H24O4/c1-19(16-17-28-22-12-8-20(9-13-22)18-25(26)27-2)21-10-14-24(15-11-21)29-23-6-4-3-5-7-23/h3-16H,17-18H2,1-2H3/b19-16+. The van der Waals surface area contributed by atoms with Crippen molar-refractivity contribution in [1.29, 1.82) is 0 Å². The normalized spacial score (nSPS) is 11.0. The Morgan fingerprint density at radius 1 is 0.828 bits per heavy atom. The summed E-state index contributed by atoms with van der Waals surface area (Å²) in [5.74, 6) is 2.13. The fourth-order valence-electron chi connectivity index (χ4n) is 2.73. The number of rotatable bonds is 8. The van der Waals surface area contributed by atoms with E-state index in [4.69, 9.17) is 9.47 Å². The third-order valence-corrected chi connectivity index (χ3v) is 4.43. The molecular formula is C25H24O4. The van der Waals surface area contributed by atoms with Crippen LogP contribution in [0, 0.1) is 0 Å². The van der Waals surface area contributed by atoms with Gasteiger partial charge in [-0.1, -0.05) is 42.5 Å². The Balaban J connectivity index is 1.52. The van der Waals surface area contributed by atoms with Crippen molar-refractivity contribution < 1.29 is 19.0 Å². The molecular weight excluding hydrogens is 364 g/mol. The van der Waals surface area contributed by atoms with Crippen LogP contribution < -0.4 is 9.47 Å². The van der Waals surface area contributed by atoms with Gasteiger partial charge in [-0.25, -0.2) is 0 Å². The molecule has 0 bridgehead atoms. The largest absolute Gasteiger partial charge is 0.490 e. The molecule has 0 unspecified atom stereocenters. The molecule has 0 radical (unpaired) electrons. The molecule has 0 aromatic heterocycles. The minimum absolute atomic E-state index is 0.252. The molecule has 0 saturated heterocycles. The second-order valence-electron chi connectivity index (χ2n) is 6.53. The van der Waals surface area contributed by atoms with E-state index in [0.717, 1.165) is 33.9 Å². The molecule has 0 amide bonds. The number of benzene rings is 3. The first kappa shape index (κ1) is 20.2. The average Bonchev–Trinajstić information content (AvgIpc) is 2.76. The maximum atomic E-state index is 11.3. The van der Waals surface area contributed by atoms with Crippen molar-refractivity contribution in [1.82, 2.24) is 0 Å². The second kappa shape index (κ2) is 10.1. The van der Waals surface area contributed by atoms with Crippen LogP contribution in [0.5, 0.6) is 17.2 Å². The van der Waals surface area contributed by atoms with Crippen LogP contribution in [-0.4, -0.2) is 19.7 Å². The summed E-state index contributed by atoms with van der Waals surface area (Å²) in [6.07, 6.45) is 2.30. The van der Waals surface area contributed by atoms with Crippen molar-refractivity contribution >= 4 is 11.5 Å². The summed E-state index contributed by atoms with van der Waals surface area (Å²) < 4.78 is 16.3. The van der Waals surface area contributed by atoms with Gasteiger partial charge in [0.2, 0.25) is 0 Å². The lowest BCUT2D eigenvalue weighted by Crippen LogP contribution is -2.04. The first-order valence-corrected chi connectivity index (χ1v) is 9.42. The number of ether oxygens (including phenoxy) is 3. The number of carbonyl (C=O) groups excluding carboxylic acids is 1. The van der Waals surface area contributed by atoms with Crippen molar-refractivity contribution in [3.8, 4) is 17.2 Å². The Kier molecular flexibility index (Phi) is 7.06. The van der Waals surface area contributed by atoms with Crippen LogP contribution in [0.25, 0.3) is 5.57 Å². The fraction of sp³-hybridized carbons (Fsp3) is 0.160. The number of esters is 1. The van der Waals surface area contributed by atoms with Crippen molar-refractivity contribution in [2.75, 3.05) is 13.7 Å². The van der Waals surface area contributed by atoms with Gasteiger partial charge in [0.1, 0.15) is 23.9 Å². The van der Waals surface area contributed by atoms with E-state index in [-0.39, 0.29) is 12.4 Å². The van der Waals surface area contributed by atoms with Crippen LogP contribution in [-0.2, 0) is 16.0 Å². The van der Waals surface area contributed by atoms with Gasteiger partial charge in [0.25, 0.3) is 0 Å². The zero-order valence-electron chi connectivity index (χ0n) is 16.6. The smallest absolute Gasteiger partial charge is 0.309 e. The van der Waals surface area contributed by atoms with Crippen LogP contribution >= 0.6 is 0 Å². The van der Waals surface area contributed by atoms with Gasteiger partial charge in [0.15, 0.2) is 0 Å². The minimum Gasteiger partial charge on any atom is -0.490 e. The monoisotopic (exact) mass is 388 g/mol. The number of hydrogen-bond donors (Lipinski definition) is 0. The molecule has 0 aliphatic heterocycles. The lowest BCUT2D eigenvalue weighted by atomic mass is 10.1. The molecule has 29 heavy (non-hydrogen) atoms. The predicted octanol–water partition coefficient (Wildman–Crippen LogP) is 5.68. The third kappa shape index (κ3) is 6.25. The van der Waals surface area contributed by atoms with Crippen molar-refractivity contribution in [3.63, 3.8) is 0 Å². The summed E-state index contributed by atoms with van der Waals surface area (Å²) in [4.78, 5) is 11.3. The zero-order chi connectivity index (χ0) is 20.5. The molecule has 0 atom stereocenters. The molecule has 4 heteroatoms. The highest BCUT2D eigenvalue weighted by molar-refractivity contribution is 5.72. The van der Waals surface area contributed by atoms with Crippen LogP contribution in [0.15, 0.2) is 84.9 Å². The Morgan fingerprint density at radius 3 is 2.10 bits per heavy atom. The van der Waals surface area contributed by atoms with E-state index in [2.05, 4.69) is 11.7 Å². The van der Waals surface area contributed by atoms with Crippen LogP contribution in [0.3, 0.4) is 0 Å². The zero-order valence-corrected chi connectivity index (χ0v) is 16.6. The van der Waals surface area contributed by atoms with Crippen LogP contribution in [0.1, 0.15) is 18.1 Å². The van der Waals surface area contributed by atoms with Crippen molar-refractivity contribution in [2.24, 2.45) is 0 Å². The number of methoxy groups -OCH3 is 1. The number of para-hydroxylation sites is 1. The van der Waals surface area contributed by atoms with Gasteiger partial charge < -0.3 is 14.2 Å². The molecule has 0 N–H and O–H groups in total. The van der Waals surface area contributed by atoms with E-state index in [1.54, 1.807) is 0 Å². The maximum absolute atomic E-state index is 11.3. The van der Waals surface area contributed by atoms with E-state index in [0.29, 0.717) is 6.61 Å². The molecule has 0 aliphatic rings. The first-order chi connectivity index (χ1) is 14.1. The van der Waals surface area contributed by atoms with Gasteiger partial charge in [0, 0.05) is 0 Å².